The van der Waals surface area contributed by atoms with E-state index in [-0.39, 0.29) is 5.69 Å². The number of methoxy groups -OCH3 is 1. The van der Waals surface area contributed by atoms with E-state index >= 15 is 0 Å². The molecule has 0 atom stereocenters. The van der Waals surface area contributed by atoms with E-state index in [1.807, 2.05) is 0 Å². The second-order valence-corrected chi connectivity index (χ2v) is 5.39. The van der Waals surface area contributed by atoms with E-state index in [4.69, 9.17) is 0 Å². The van der Waals surface area contributed by atoms with Crippen LogP contribution in [0, 0.1) is 0 Å². The van der Waals surface area contributed by atoms with Crippen LogP contribution in [0.5, 0.6) is 0 Å². The zero-order chi connectivity index (χ0) is 15.2. The van der Waals surface area contributed by atoms with Gasteiger partial charge in [0.25, 0.3) is 0 Å². The standard InChI is InChI=1S/C14H23N5O2/c1-17(2)4-5-18-6-8-19(9-7-18)13-11-15-10-12(16-13)14(20)21-3/h10-11H,4-9H2,1-3H3. The number of aromatic nitrogens is 2. The van der Waals surface area contributed by atoms with E-state index in [1.165, 1.54) is 13.3 Å². The molecule has 0 aliphatic carbocycles. The molecule has 1 aliphatic rings. The Labute approximate surface area is 125 Å². The molecule has 1 aromatic rings. The van der Waals surface area contributed by atoms with Crippen LogP contribution < -0.4 is 4.90 Å². The van der Waals surface area contributed by atoms with Gasteiger partial charge in [-0.25, -0.2) is 9.78 Å². The fourth-order valence-corrected chi connectivity index (χ4v) is 2.25. The van der Waals surface area contributed by atoms with E-state index in [9.17, 15) is 4.79 Å². The van der Waals surface area contributed by atoms with Gasteiger partial charge in [-0.15, -0.1) is 0 Å². The lowest BCUT2D eigenvalue weighted by Gasteiger charge is -2.35. The Morgan fingerprint density at radius 1 is 1.29 bits per heavy atom. The highest BCUT2D eigenvalue weighted by Gasteiger charge is 2.19. The van der Waals surface area contributed by atoms with Crippen molar-refractivity contribution in [1.29, 1.82) is 0 Å². The van der Waals surface area contributed by atoms with Gasteiger partial charge >= 0.3 is 5.97 Å². The Morgan fingerprint density at radius 2 is 2.00 bits per heavy atom. The molecule has 0 bridgehead atoms. The van der Waals surface area contributed by atoms with Gasteiger partial charge < -0.3 is 14.5 Å². The van der Waals surface area contributed by atoms with Crippen LogP contribution in [0.2, 0.25) is 0 Å². The first-order valence-electron chi connectivity index (χ1n) is 7.12. The van der Waals surface area contributed by atoms with Crippen LogP contribution in [0.1, 0.15) is 10.5 Å². The van der Waals surface area contributed by atoms with Crippen LogP contribution >= 0.6 is 0 Å². The highest BCUT2D eigenvalue weighted by Crippen LogP contribution is 2.13. The molecule has 7 heteroatoms. The van der Waals surface area contributed by atoms with Crippen LogP contribution in [0.15, 0.2) is 12.4 Å². The first-order chi connectivity index (χ1) is 10.1. The molecular formula is C14H23N5O2. The number of ether oxygens (including phenoxy) is 1. The van der Waals surface area contributed by atoms with Crippen LogP contribution in [0.4, 0.5) is 5.82 Å². The first kappa shape index (κ1) is 15.7. The second-order valence-electron chi connectivity index (χ2n) is 5.39. The molecule has 2 rings (SSSR count). The first-order valence-corrected chi connectivity index (χ1v) is 7.12. The maximum absolute atomic E-state index is 11.5. The van der Waals surface area contributed by atoms with Gasteiger partial charge in [0.05, 0.1) is 19.5 Å². The number of hydrogen-bond acceptors (Lipinski definition) is 7. The Balaban J connectivity index is 1.91. The number of esters is 1. The molecule has 2 heterocycles. The normalized spacial score (nSPS) is 16.3. The van der Waals surface area contributed by atoms with Crippen molar-refractivity contribution in [3.05, 3.63) is 18.1 Å². The predicted molar refractivity (Wildman–Crippen MR) is 80.6 cm³/mol. The number of nitrogens with zero attached hydrogens (tertiary/aromatic N) is 5. The molecule has 1 saturated heterocycles. The average molecular weight is 293 g/mol. The minimum Gasteiger partial charge on any atom is -0.464 e. The Morgan fingerprint density at radius 3 is 2.62 bits per heavy atom. The van der Waals surface area contributed by atoms with Crippen LogP contribution in [-0.2, 0) is 4.74 Å². The lowest BCUT2D eigenvalue weighted by Crippen LogP contribution is -2.48. The SMILES string of the molecule is COC(=O)c1cncc(N2CCN(CCN(C)C)CC2)n1. The summed E-state index contributed by atoms with van der Waals surface area (Å²) in [7, 11) is 5.52. The summed E-state index contributed by atoms with van der Waals surface area (Å²) in [5, 5.41) is 0. The van der Waals surface area contributed by atoms with Gasteiger partial charge in [-0.3, -0.25) is 9.88 Å². The summed E-state index contributed by atoms with van der Waals surface area (Å²) in [5.74, 6) is 0.291. The minimum absolute atomic E-state index is 0.255. The number of carbonyl (C=O) groups is 1. The predicted octanol–water partition coefficient (Wildman–Crippen LogP) is -0.0532. The maximum Gasteiger partial charge on any atom is 0.358 e. The van der Waals surface area contributed by atoms with Gasteiger partial charge in [0.1, 0.15) is 5.82 Å². The van der Waals surface area contributed by atoms with Gasteiger partial charge in [-0.1, -0.05) is 0 Å². The quantitative estimate of drug-likeness (QED) is 0.705. The van der Waals surface area contributed by atoms with E-state index in [0.29, 0.717) is 0 Å². The molecule has 116 valence electrons. The van der Waals surface area contributed by atoms with Gasteiger partial charge in [0, 0.05) is 39.3 Å². The summed E-state index contributed by atoms with van der Waals surface area (Å²) < 4.78 is 4.68. The third kappa shape index (κ3) is 4.37. The van der Waals surface area contributed by atoms with E-state index < -0.39 is 5.97 Å². The number of rotatable bonds is 5. The lowest BCUT2D eigenvalue weighted by atomic mass is 10.3. The van der Waals surface area contributed by atoms with Crippen LogP contribution in [0.25, 0.3) is 0 Å². The molecule has 0 spiro atoms. The van der Waals surface area contributed by atoms with Gasteiger partial charge in [-0.05, 0) is 14.1 Å². The smallest absolute Gasteiger partial charge is 0.358 e. The van der Waals surface area contributed by atoms with Crippen molar-refractivity contribution >= 4 is 11.8 Å². The van der Waals surface area contributed by atoms with E-state index in [1.54, 1.807) is 6.20 Å². The van der Waals surface area contributed by atoms with Crippen molar-refractivity contribution in [3.63, 3.8) is 0 Å². The van der Waals surface area contributed by atoms with Gasteiger partial charge in [0.2, 0.25) is 0 Å². The van der Waals surface area contributed by atoms with Crippen LogP contribution in [-0.4, -0.2) is 86.2 Å². The van der Waals surface area contributed by atoms with E-state index in [0.717, 1.165) is 45.1 Å². The molecule has 1 aromatic heterocycles. The summed E-state index contributed by atoms with van der Waals surface area (Å²) in [6.45, 7) is 5.93. The lowest BCUT2D eigenvalue weighted by molar-refractivity contribution is 0.0593. The zero-order valence-electron chi connectivity index (χ0n) is 12.9. The number of hydrogen-bond donors (Lipinski definition) is 0. The second kappa shape index (κ2) is 7.33. The highest BCUT2D eigenvalue weighted by molar-refractivity contribution is 5.87. The number of anilines is 1. The molecule has 21 heavy (non-hydrogen) atoms. The molecule has 0 saturated carbocycles. The molecule has 0 unspecified atom stereocenters. The van der Waals surface area contributed by atoms with Crippen molar-refractivity contribution in [3.8, 4) is 0 Å². The fourth-order valence-electron chi connectivity index (χ4n) is 2.25. The minimum atomic E-state index is -0.450. The molecule has 7 nitrogen and oxygen atoms in total. The van der Waals surface area contributed by atoms with Crippen molar-refractivity contribution in [1.82, 2.24) is 19.8 Å². The molecular weight excluding hydrogens is 270 g/mol. The van der Waals surface area contributed by atoms with Crippen molar-refractivity contribution in [2.24, 2.45) is 0 Å². The summed E-state index contributed by atoms with van der Waals surface area (Å²) in [5.41, 5.74) is 0.255. The molecule has 0 aromatic carbocycles. The topological polar surface area (TPSA) is 61.8 Å². The monoisotopic (exact) mass is 293 g/mol. The van der Waals surface area contributed by atoms with Crippen LogP contribution in [0.3, 0.4) is 0 Å². The largest absolute Gasteiger partial charge is 0.464 e. The summed E-state index contributed by atoms with van der Waals surface area (Å²) in [6, 6.07) is 0. The third-order valence-electron chi connectivity index (χ3n) is 3.58. The summed E-state index contributed by atoms with van der Waals surface area (Å²) in [4.78, 5) is 26.7. The van der Waals surface area contributed by atoms with Crippen molar-refractivity contribution < 1.29 is 9.53 Å². The number of carbonyl (C=O) groups excluding carboxylic acids is 1. The zero-order valence-corrected chi connectivity index (χ0v) is 12.9. The summed E-state index contributed by atoms with van der Waals surface area (Å²) in [6.07, 6.45) is 3.13. The maximum atomic E-state index is 11.5. The van der Waals surface area contributed by atoms with Crippen molar-refractivity contribution in [2.75, 3.05) is 65.4 Å². The Bertz CT molecular complexity index is 472. The van der Waals surface area contributed by atoms with Gasteiger partial charge in [0.15, 0.2) is 5.69 Å². The Kier molecular flexibility index (Phi) is 5.46. The average Bonchev–Trinajstić information content (AvgIpc) is 2.52. The molecule has 0 radical (unpaired) electrons. The molecule has 0 N–H and O–H groups in total. The molecule has 1 fully saturated rings. The van der Waals surface area contributed by atoms with Gasteiger partial charge in [-0.2, -0.15) is 0 Å². The van der Waals surface area contributed by atoms with Crippen molar-refractivity contribution in [2.45, 2.75) is 0 Å². The fraction of sp³-hybridized carbons (Fsp3) is 0.643. The Hall–Kier alpha value is -1.73. The third-order valence-corrected chi connectivity index (χ3v) is 3.58. The molecule has 1 aliphatic heterocycles. The van der Waals surface area contributed by atoms with E-state index in [2.05, 4.69) is 43.5 Å². The number of piperazine rings is 1. The highest BCUT2D eigenvalue weighted by atomic mass is 16.5. The summed E-state index contributed by atoms with van der Waals surface area (Å²) >= 11 is 0. The number of likely N-dealkylation sites (N-methyl/N-ethyl adjacent to an activating group) is 1. The molecule has 0 amide bonds.